The number of hydrogen-bond donors (Lipinski definition) is 1. The van der Waals surface area contributed by atoms with Crippen LogP contribution in [0.15, 0.2) is 18.2 Å². The van der Waals surface area contributed by atoms with Crippen LogP contribution >= 0.6 is 0 Å². The number of halogens is 2. The second kappa shape index (κ2) is 8.43. The first-order valence-corrected chi connectivity index (χ1v) is 9.18. The van der Waals surface area contributed by atoms with Gasteiger partial charge in [0.15, 0.2) is 11.6 Å². The van der Waals surface area contributed by atoms with E-state index in [0.717, 1.165) is 31.5 Å². The van der Waals surface area contributed by atoms with Crippen LogP contribution in [0.1, 0.15) is 38.5 Å². The molecule has 0 amide bonds. The topological polar surface area (TPSA) is 41.9 Å². The molecule has 1 N–H and O–H groups in total. The molecular formula is C19H27F2NO3. The van der Waals surface area contributed by atoms with Gasteiger partial charge in [0.25, 0.3) is 0 Å². The summed E-state index contributed by atoms with van der Waals surface area (Å²) in [5.74, 6) is -1.66. The van der Waals surface area contributed by atoms with Gasteiger partial charge in [0, 0.05) is 25.2 Å². The maximum Gasteiger partial charge on any atom is 0.162 e. The molecule has 1 aromatic carbocycles. The van der Waals surface area contributed by atoms with Crippen molar-refractivity contribution in [2.45, 2.75) is 50.2 Å². The lowest BCUT2D eigenvalue weighted by Gasteiger charge is -2.35. The third kappa shape index (κ3) is 5.12. The second-order valence-electron chi connectivity index (χ2n) is 7.26. The Kier molecular flexibility index (Phi) is 6.25. The molecule has 2 aliphatic rings. The summed E-state index contributed by atoms with van der Waals surface area (Å²) in [4.78, 5) is 2.31. The largest absolute Gasteiger partial charge is 0.490 e. The highest BCUT2D eigenvalue weighted by molar-refractivity contribution is 5.23. The number of β-amino-alcohol motifs (C(OH)–C–C–N with tert-alkyl or cyclic N) is 1. The van der Waals surface area contributed by atoms with Gasteiger partial charge < -0.3 is 14.6 Å². The first-order chi connectivity index (χ1) is 12.1. The van der Waals surface area contributed by atoms with Gasteiger partial charge in [0.2, 0.25) is 0 Å². The minimum Gasteiger partial charge on any atom is -0.490 e. The number of aliphatic hydroxyl groups is 1. The summed E-state index contributed by atoms with van der Waals surface area (Å²) in [6, 6.07) is 3.86. The predicted octanol–water partition coefficient (Wildman–Crippen LogP) is 3.13. The fourth-order valence-electron chi connectivity index (χ4n) is 3.75. The van der Waals surface area contributed by atoms with Crippen LogP contribution in [0.3, 0.4) is 0 Å². The Morgan fingerprint density at radius 3 is 2.64 bits per heavy atom. The minimum absolute atomic E-state index is 0.0126. The van der Waals surface area contributed by atoms with E-state index in [2.05, 4.69) is 4.90 Å². The number of benzene rings is 1. The average molecular weight is 355 g/mol. The molecule has 25 heavy (non-hydrogen) atoms. The second-order valence-corrected chi connectivity index (χ2v) is 7.26. The molecule has 1 saturated carbocycles. The lowest BCUT2D eigenvalue weighted by Crippen LogP contribution is -2.51. The summed E-state index contributed by atoms with van der Waals surface area (Å²) in [5.41, 5.74) is -1.16. The monoisotopic (exact) mass is 355 g/mol. The highest BCUT2D eigenvalue weighted by Gasteiger charge is 2.36. The van der Waals surface area contributed by atoms with Crippen LogP contribution in [0.5, 0.6) is 5.75 Å². The van der Waals surface area contributed by atoms with Gasteiger partial charge in [-0.15, -0.1) is 0 Å². The molecule has 1 aliphatic heterocycles. The van der Waals surface area contributed by atoms with Crippen molar-refractivity contribution in [1.29, 1.82) is 0 Å². The molecular weight excluding hydrogens is 328 g/mol. The van der Waals surface area contributed by atoms with Crippen molar-refractivity contribution in [3.05, 3.63) is 29.8 Å². The average Bonchev–Trinajstić information content (AvgIpc) is 2.97. The maximum absolute atomic E-state index is 13.3. The van der Waals surface area contributed by atoms with Gasteiger partial charge in [-0.1, -0.05) is 25.7 Å². The molecule has 1 unspecified atom stereocenters. The van der Waals surface area contributed by atoms with Gasteiger partial charge in [-0.2, -0.15) is 0 Å². The molecule has 1 aromatic rings. The standard InChI is InChI=1S/C19H27F2NO3/c20-17-8-7-16(11-18(17)21)25-14-19(23)12-22(9-10-24-13-19)15-5-3-1-2-4-6-15/h7-8,11,15,23H,1-6,9-10,12-14H2. The van der Waals surface area contributed by atoms with E-state index in [1.165, 1.54) is 31.7 Å². The Hall–Kier alpha value is -1.24. The Morgan fingerprint density at radius 1 is 1.16 bits per heavy atom. The summed E-state index contributed by atoms with van der Waals surface area (Å²) in [5, 5.41) is 10.9. The van der Waals surface area contributed by atoms with Crippen molar-refractivity contribution in [1.82, 2.24) is 4.90 Å². The molecule has 1 saturated heterocycles. The molecule has 3 rings (SSSR count). The van der Waals surface area contributed by atoms with E-state index in [4.69, 9.17) is 9.47 Å². The fraction of sp³-hybridized carbons (Fsp3) is 0.684. The molecule has 0 radical (unpaired) electrons. The van der Waals surface area contributed by atoms with Crippen LogP contribution in [-0.4, -0.2) is 54.6 Å². The Morgan fingerprint density at radius 2 is 1.92 bits per heavy atom. The zero-order chi connectivity index (χ0) is 17.7. The lowest BCUT2D eigenvalue weighted by atomic mass is 10.0. The normalized spacial score (nSPS) is 26.8. The quantitative estimate of drug-likeness (QED) is 0.843. The van der Waals surface area contributed by atoms with Crippen LogP contribution in [0.2, 0.25) is 0 Å². The summed E-state index contributed by atoms with van der Waals surface area (Å²) in [7, 11) is 0. The van der Waals surface area contributed by atoms with Gasteiger partial charge in [-0.05, 0) is 25.0 Å². The number of nitrogens with zero attached hydrogens (tertiary/aromatic N) is 1. The molecule has 1 atom stereocenters. The SMILES string of the molecule is OC1(COc2ccc(F)c(F)c2)COCCN(C2CCCCCC2)C1. The highest BCUT2D eigenvalue weighted by Crippen LogP contribution is 2.25. The summed E-state index contributed by atoms with van der Waals surface area (Å²) in [6.45, 7) is 2.03. The Bertz CT molecular complexity index is 564. The highest BCUT2D eigenvalue weighted by atomic mass is 19.2. The molecule has 6 heteroatoms. The van der Waals surface area contributed by atoms with Crippen LogP contribution in [0.25, 0.3) is 0 Å². The third-order valence-corrected chi connectivity index (χ3v) is 5.13. The van der Waals surface area contributed by atoms with Gasteiger partial charge in [-0.25, -0.2) is 8.78 Å². The van der Waals surface area contributed by atoms with E-state index in [1.54, 1.807) is 0 Å². The summed E-state index contributed by atoms with van der Waals surface area (Å²) < 4.78 is 37.4. The molecule has 1 heterocycles. The van der Waals surface area contributed by atoms with Crippen molar-refractivity contribution in [2.75, 3.05) is 32.9 Å². The molecule has 2 fully saturated rings. The summed E-state index contributed by atoms with van der Waals surface area (Å²) >= 11 is 0. The van der Waals surface area contributed by atoms with Crippen LogP contribution in [-0.2, 0) is 4.74 Å². The van der Waals surface area contributed by atoms with Crippen molar-refractivity contribution in [2.24, 2.45) is 0 Å². The molecule has 140 valence electrons. The summed E-state index contributed by atoms with van der Waals surface area (Å²) in [6.07, 6.45) is 7.33. The maximum atomic E-state index is 13.3. The molecule has 0 spiro atoms. The van der Waals surface area contributed by atoms with Crippen LogP contribution in [0.4, 0.5) is 8.78 Å². The zero-order valence-corrected chi connectivity index (χ0v) is 14.6. The zero-order valence-electron chi connectivity index (χ0n) is 14.6. The van der Waals surface area contributed by atoms with Crippen LogP contribution in [0, 0.1) is 11.6 Å². The van der Waals surface area contributed by atoms with E-state index >= 15 is 0 Å². The van der Waals surface area contributed by atoms with Crippen molar-refractivity contribution in [3.63, 3.8) is 0 Å². The minimum atomic E-state index is -1.16. The first-order valence-electron chi connectivity index (χ1n) is 9.18. The molecule has 0 aromatic heterocycles. The fourth-order valence-corrected chi connectivity index (χ4v) is 3.75. The van der Waals surface area contributed by atoms with Crippen molar-refractivity contribution in [3.8, 4) is 5.75 Å². The lowest BCUT2D eigenvalue weighted by molar-refractivity contribution is -0.0676. The van der Waals surface area contributed by atoms with E-state index < -0.39 is 17.2 Å². The van der Waals surface area contributed by atoms with E-state index in [1.807, 2.05) is 0 Å². The van der Waals surface area contributed by atoms with E-state index in [-0.39, 0.29) is 19.0 Å². The first kappa shape index (κ1) is 18.5. The molecule has 1 aliphatic carbocycles. The van der Waals surface area contributed by atoms with Crippen molar-refractivity contribution >= 4 is 0 Å². The smallest absolute Gasteiger partial charge is 0.162 e. The van der Waals surface area contributed by atoms with Gasteiger partial charge in [0.05, 0.1) is 13.2 Å². The van der Waals surface area contributed by atoms with Gasteiger partial charge >= 0.3 is 0 Å². The molecule has 4 nitrogen and oxygen atoms in total. The van der Waals surface area contributed by atoms with Crippen molar-refractivity contribution < 1.29 is 23.4 Å². The number of rotatable bonds is 4. The molecule has 0 bridgehead atoms. The Labute approximate surface area is 147 Å². The van der Waals surface area contributed by atoms with E-state index in [0.29, 0.717) is 19.2 Å². The van der Waals surface area contributed by atoms with Gasteiger partial charge in [-0.3, -0.25) is 4.90 Å². The number of ether oxygens (including phenoxy) is 2. The van der Waals surface area contributed by atoms with E-state index in [9.17, 15) is 13.9 Å². The third-order valence-electron chi connectivity index (χ3n) is 5.13. The Balaban J connectivity index is 1.62. The van der Waals surface area contributed by atoms with Gasteiger partial charge in [0.1, 0.15) is 18.0 Å². The number of hydrogen-bond acceptors (Lipinski definition) is 4. The predicted molar refractivity (Wildman–Crippen MR) is 90.7 cm³/mol. The van der Waals surface area contributed by atoms with Crippen LogP contribution < -0.4 is 4.74 Å².